The number of non-ortho nitro benzene ring substituents is 1. The molecule has 1 atom stereocenters. The molecule has 0 bridgehead atoms. The Kier molecular flexibility index (Phi) is 3.61. The Morgan fingerprint density at radius 1 is 1.26 bits per heavy atom. The smallest absolute Gasteiger partial charge is 0.299 e. The number of hydrogen-bond donors (Lipinski definition) is 1. The van der Waals surface area contributed by atoms with Gasteiger partial charge < -0.3 is 10.6 Å². The Hall–Kier alpha value is -2.22. The van der Waals surface area contributed by atoms with Gasteiger partial charge in [0.15, 0.2) is 0 Å². The molecular weight excluding hydrogens is 252 g/mol. The molecule has 1 aromatic rings. The minimum Gasteiger partial charge on any atom is -0.364 e. The molecule has 1 aromatic carbocycles. The summed E-state index contributed by atoms with van der Waals surface area (Å²) in [4.78, 5) is 22.3. The molecule has 0 saturated carbocycles. The number of rotatable bonds is 3. The molecule has 1 heterocycles. The molecule has 2 rings (SSSR count). The first-order valence-electron chi connectivity index (χ1n) is 5.92. The highest BCUT2D eigenvalue weighted by Gasteiger charge is 2.26. The quantitative estimate of drug-likeness (QED) is 0.653. The fourth-order valence-corrected chi connectivity index (χ4v) is 2.27. The van der Waals surface area contributed by atoms with Crippen LogP contribution in [0.25, 0.3) is 0 Å². The van der Waals surface area contributed by atoms with Crippen LogP contribution in [0, 0.1) is 20.2 Å². The predicted octanol–water partition coefficient (Wildman–Crippen LogP) is 1.43. The summed E-state index contributed by atoms with van der Waals surface area (Å²) in [6, 6.07) is 3.68. The zero-order valence-electron chi connectivity index (χ0n) is 10.2. The molecule has 0 radical (unpaired) electrons. The van der Waals surface area contributed by atoms with Crippen molar-refractivity contribution in [2.45, 2.75) is 18.9 Å². The van der Waals surface area contributed by atoms with Crippen LogP contribution in [-0.2, 0) is 0 Å². The lowest BCUT2D eigenvalue weighted by Crippen LogP contribution is -2.43. The van der Waals surface area contributed by atoms with Gasteiger partial charge in [0.05, 0.1) is 15.9 Å². The summed E-state index contributed by atoms with van der Waals surface area (Å²) in [7, 11) is 0. The first-order valence-corrected chi connectivity index (χ1v) is 5.92. The molecule has 0 aliphatic carbocycles. The van der Waals surface area contributed by atoms with Gasteiger partial charge in [-0.2, -0.15) is 0 Å². The van der Waals surface area contributed by atoms with Crippen LogP contribution in [0.2, 0.25) is 0 Å². The molecule has 1 aliphatic rings. The van der Waals surface area contributed by atoms with Crippen molar-refractivity contribution in [3.8, 4) is 0 Å². The molecule has 8 heteroatoms. The number of nitrogens with two attached hydrogens (primary N) is 1. The van der Waals surface area contributed by atoms with Gasteiger partial charge in [-0.25, -0.2) is 0 Å². The zero-order chi connectivity index (χ0) is 14.0. The summed E-state index contributed by atoms with van der Waals surface area (Å²) in [5.74, 6) is 0. The number of nitrogens with zero attached hydrogens (tertiary/aromatic N) is 3. The Labute approximate surface area is 109 Å². The van der Waals surface area contributed by atoms with E-state index in [0.717, 1.165) is 18.9 Å². The lowest BCUT2D eigenvalue weighted by atomic mass is 10.1. The van der Waals surface area contributed by atoms with Gasteiger partial charge in [0, 0.05) is 25.2 Å². The van der Waals surface area contributed by atoms with Crippen LogP contribution in [0.3, 0.4) is 0 Å². The summed E-state index contributed by atoms with van der Waals surface area (Å²) in [5.41, 5.74) is 5.71. The van der Waals surface area contributed by atoms with Gasteiger partial charge in [-0.15, -0.1) is 0 Å². The number of hydrogen-bond acceptors (Lipinski definition) is 6. The van der Waals surface area contributed by atoms with Crippen LogP contribution < -0.4 is 10.6 Å². The molecule has 0 aromatic heterocycles. The van der Waals surface area contributed by atoms with Crippen LogP contribution in [0.4, 0.5) is 17.1 Å². The van der Waals surface area contributed by atoms with Crippen molar-refractivity contribution in [1.82, 2.24) is 0 Å². The largest absolute Gasteiger partial charge is 0.364 e. The van der Waals surface area contributed by atoms with Crippen molar-refractivity contribution in [1.29, 1.82) is 0 Å². The molecule has 1 fully saturated rings. The Morgan fingerprint density at radius 3 is 2.58 bits per heavy atom. The van der Waals surface area contributed by atoms with E-state index in [1.165, 1.54) is 12.1 Å². The maximum Gasteiger partial charge on any atom is 0.299 e. The molecule has 1 saturated heterocycles. The maximum absolute atomic E-state index is 11.0. The van der Waals surface area contributed by atoms with Gasteiger partial charge in [0.2, 0.25) is 0 Å². The average molecular weight is 266 g/mol. The van der Waals surface area contributed by atoms with E-state index in [9.17, 15) is 20.2 Å². The molecule has 19 heavy (non-hydrogen) atoms. The van der Waals surface area contributed by atoms with Crippen LogP contribution in [0.1, 0.15) is 12.8 Å². The third-order valence-electron chi connectivity index (χ3n) is 3.17. The highest BCUT2D eigenvalue weighted by atomic mass is 16.6. The Morgan fingerprint density at radius 2 is 2.00 bits per heavy atom. The second-order valence-corrected chi connectivity index (χ2v) is 4.54. The van der Waals surface area contributed by atoms with Crippen molar-refractivity contribution < 1.29 is 9.85 Å². The second kappa shape index (κ2) is 5.19. The third kappa shape index (κ3) is 2.79. The van der Waals surface area contributed by atoms with Crippen molar-refractivity contribution >= 4 is 17.1 Å². The SMILES string of the molecule is NC1CCCN(c2ccc([N+](=O)[O-])cc2[N+](=O)[O-])C1. The van der Waals surface area contributed by atoms with E-state index in [0.29, 0.717) is 18.8 Å². The minimum absolute atomic E-state index is 0.0245. The van der Waals surface area contributed by atoms with E-state index in [1.807, 2.05) is 4.90 Å². The van der Waals surface area contributed by atoms with Gasteiger partial charge in [-0.05, 0) is 18.9 Å². The normalized spacial score (nSPS) is 19.2. The van der Waals surface area contributed by atoms with Crippen molar-refractivity contribution in [3.05, 3.63) is 38.4 Å². The van der Waals surface area contributed by atoms with Crippen molar-refractivity contribution in [2.24, 2.45) is 5.73 Å². The van der Waals surface area contributed by atoms with Crippen LogP contribution >= 0.6 is 0 Å². The summed E-state index contributed by atoms with van der Waals surface area (Å²) in [5, 5.41) is 21.7. The van der Waals surface area contributed by atoms with Gasteiger partial charge in [0.25, 0.3) is 11.4 Å². The molecule has 102 valence electrons. The van der Waals surface area contributed by atoms with Crippen LogP contribution in [-0.4, -0.2) is 29.0 Å². The summed E-state index contributed by atoms with van der Waals surface area (Å²) in [6.07, 6.45) is 1.74. The lowest BCUT2D eigenvalue weighted by Gasteiger charge is -2.32. The van der Waals surface area contributed by atoms with E-state index in [1.54, 1.807) is 0 Å². The van der Waals surface area contributed by atoms with E-state index in [2.05, 4.69) is 0 Å². The van der Waals surface area contributed by atoms with E-state index in [-0.39, 0.29) is 17.4 Å². The van der Waals surface area contributed by atoms with Crippen LogP contribution in [0.5, 0.6) is 0 Å². The highest BCUT2D eigenvalue weighted by molar-refractivity contribution is 5.67. The summed E-state index contributed by atoms with van der Waals surface area (Å²) < 4.78 is 0. The van der Waals surface area contributed by atoms with Crippen molar-refractivity contribution in [2.75, 3.05) is 18.0 Å². The van der Waals surface area contributed by atoms with Gasteiger partial charge in [-0.1, -0.05) is 0 Å². The molecule has 8 nitrogen and oxygen atoms in total. The van der Waals surface area contributed by atoms with E-state index in [4.69, 9.17) is 5.73 Å². The first kappa shape index (κ1) is 13.2. The Bertz CT molecular complexity index is 519. The lowest BCUT2D eigenvalue weighted by molar-refractivity contribution is -0.393. The van der Waals surface area contributed by atoms with E-state index < -0.39 is 9.85 Å². The molecular formula is C11H14N4O4. The first-order chi connectivity index (χ1) is 8.99. The maximum atomic E-state index is 11.0. The molecule has 0 spiro atoms. The van der Waals surface area contributed by atoms with Crippen LogP contribution in [0.15, 0.2) is 18.2 Å². The predicted molar refractivity (Wildman–Crippen MR) is 69.2 cm³/mol. The number of anilines is 1. The van der Waals surface area contributed by atoms with Gasteiger partial charge in [0.1, 0.15) is 5.69 Å². The molecule has 0 amide bonds. The van der Waals surface area contributed by atoms with Gasteiger partial charge >= 0.3 is 0 Å². The molecule has 1 aliphatic heterocycles. The fourth-order valence-electron chi connectivity index (χ4n) is 2.27. The summed E-state index contributed by atoms with van der Waals surface area (Å²) >= 11 is 0. The Balaban J connectivity index is 2.38. The average Bonchev–Trinajstić information content (AvgIpc) is 2.37. The van der Waals surface area contributed by atoms with Crippen molar-refractivity contribution in [3.63, 3.8) is 0 Å². The summed E-state index contributed by atoms with van der Waals surface area (Å²) in [6.45, 7) is 1.20. The van der Waals surface area contributed by atoms with E-state index >= 15 is 0 Å². The monoisotopic (exact) mass is 266 g/mol. The topological polar surface area (TPSA) is 116 Å². The second-order valence-electron chi connectivity index (χ2n) is 4.54. The minimum atomic E-state index is -0.640. The number of nitro benzene ring substituents is 2. The molecule has 2 N–H and O–H groups in total. The number of benzene rings is 1. The number of nitro groups is 2. The third-order valence-corrected chi connectivity index (χ3v) is 3.17. The zero-order valence-corrected chi connectivity index (χ0v) is 10.2. The standard InChI is InChI=1S/C11H14N4O4/c12-8-2-1-5-13(7-8)10-4-3-9(14(16)17)6-11(10)15(18)19/h3-4,6,8H,1-2,5,7,12H2. The van der Waals surface area contributed by atoms with Gasteiger partial charge in [-0.3, -0.25) is 20.2 Å². The fraction of sp³-hybridized carbons (Fsp3) is 0.455. The highest BCUT2D eigenvalue weighted by Crippen LogP contribution is 2.33. The number of piperidine rings is 1. The molecule has 1 unspecified atom stereocenters.